The maximum absolute atomic E-state index is 9.75. The third kappa shape index (κ3) is 3.09. The van der Waals surface area contributed by atoms with E-state index in [1.165, 1.54) is 0 Å². The molecule has 6 nitrogen and oxygen atoms in total. The zero-order valence-electron chi connectivity index (χ0n) is 10.3. The van der Waals surface area contributed by atoms with Gasteiger partial charge in [0, 0.05) is 18.9 Å². The maximum Gasteiger partial charge on any atom is 0.223 e. The molecule has 0 saturated carbocycles. The zero-order chi connectivity index (χ0) is 12.5. The van der Waals surface area contributed by atoms with Crippen molar-refractivity contribution >= 4 is 41.7 Å². The summed E-state index contributed by atoms with van der Waals surface area (Å²) in [7, 11) is 0. The standard InChI is InChI=1S/C12H11N5O.2ClH/c13-12-15-10-2-1-8(5-9(10)11(18)16-12)6-17-4-3-14-7-17;;/h1-5,7H,6H2,(H3,13,15,16,18);2*1H. The van der Waals surface area contributed by atoms with Crippen LogP contribution in [0.25, 0.3) is 10.9 Å². The lowest BCUT2D eigenvalue weighted by molar-refractivity contribution is 0.460. The highest BCUT2D eigenvalue weighted by molar-refractivity contribution is 5.86. The van der Waals surface area contributed by atoms with Crippen LogP contribution >= 0.6 is 24.8 Å². The second-order valence-corrected chi connectivity index (χ2v) is 3.99. The van der Waals surface area contributed by atoms with Gasteiger partial charge < -0.3 is 15.4 Å². The molecule has 0 bridgehead atoms. The Hall–Kier alpha value is -2.05. The highest BCUT2D eigenvalue weighted by Crippen LogP contribution is 2.23. The molecule has 0 saturated heterocycles. The minimum Gasteiger partial charge on any atom is -0.493 e. The predicted molar refractivity (Wildman–Crippen MR) is 81.4 cm³/mol. The number of fused-ring (bicyclic) bond motifs is 1. The molecule has 0 spiro atoms. The van der Waals surface area contributed by atoms with Crippen LogP contribution < -0.4 is 5.73 Å². The molecular weight excluding hydrogens is 301 g/mol. The topological polar surface area (TPSA) is 89.8 Å². The molecule has 0 fully saturated rings. The summed E-state index contributed by atoms with van der Waals surface area (Å²) in [6.07, 6.45) is 5.34. The number of hydrogen-bond acceptors (Lipinski definition) is 5. The molecule has 0 aliphatic heterocycles. The molecule has 3 rings (SSSR count). The fourth-order valence-corrected chi connectivity index (χ4v) is 1.87. The van der Waals surface area contributed by atoms with Crippen molar-refractivity contribution in [3.8, 4) is 5.88 Å². The van der Waals surface area contributed by atoms with E-state index < -0.39 is 0 Å². The van der Waals surface area contributed by atoms with E-state index >= 15 is 0 Å². The number of nitrogens with two attached hydrogens (primary N) is 1. The molecule has 8 heteroatoms. The van der Waals surface area contributed by atoms with Crippen LogP contribution in [0.4, 0.5) is 5.95 Å². The van der Waals surface area contributed by atoms with E-state index in [1.54, 1.807) is 12.5 Å². The summed E-state index contributed by atoms with van der Waals surface area (Å²) in [5.74, 6) is -0.0210. The molecular formula is C12H13Cl2N5O. The first-order valence-electron chi connectivity index (χ1n) is 5.43. The van der Waals surface area contributed by atoms with Gasteiger partial charge in [-0.2, -0.15) is 4.98 Å². The van der Waals surface area contributed by atoms with Crippen LogP contribution in [0.1, 0.15) is 5.56 Å². The first-order valence-corrected chi connectivity index (χ1v) is 5.43. The van der Waals surface area contributed by atoms with Gasteiger partial charge in [0.2, 0.25) is 11.8 Å². The van der Waals surface area contributed by atoms with Crippen molar-refractivity contribution in [1.29, 1.82) is 0 Å². The van der Waals surface area contributed by atoms with E-state index in [0.717, 1.165) is 5.56 Å². The first kappa shape index (κ1) is 16.0. The summed E-state index contributed by atoms with van der Waals surface area (Å²) >= 11 is 0. The Balaban J connectivity index is 0.000001000. The van der Waals surface area contributed by atoms with Gasteiger partial charge in [-0.15, -0.1) is 24.8 Å². The molecule has 3 aromatic rings. The van der Waals surface area contributed by atoms with Gasteiger partial charge in [0.05, 0.1) is 17.2 Å². The van der Waals surface area contributed by atoms with E-state index in [4.69, 9.17) is 5.73 Å². The average molecular weight is 314 g/mol. The lowest BCUT2D eigenvalue weighted by Gasteiger charge is -2.05. The number of nitrogens with zero attached hydrogens (tertiary/aromatic N) is 4. The third-order valence-corrected chi connectivity index (χ3v) is 2.68. The van der Waals surface area contributed by atoms with Crippen LogP contribution in [-0.2, 0) is 6.54 Å². The number of anilines is 1. The van der Waals surface area contributed by atoms with Crippen LogP contribution in [0, 0.1) is 0 Å². The third-order valence-electron chi connectivity index (χ3n) is 2.68. The van der Waals surface area contributed by atoms with Gasteiger partial charge in [-0.05, 0) is 17.7 Å². The molecule has 0 aliphatic carbocycles. The van der Waals surface area contributed by atoms with Crippen LogP contribution in [0.2, 0.25) is 0 Å². The summed E-state index contributed by atoms with van der Waals surface area (Å²) in [4.78, 5) is 11.8. The van der Waals surface area contributed by atoms with Gasteiger partial charge in [0.15, 0.2) is 0 Å². The number of aromatic hydroxyl groups is 1. The molecule has 0 atom stereocenters. The van der Waals surface area contributed by atoms with Gasteiger partial charge in [-0.1, -0.05) is 6.07 Å². The van der Waals surface area contributed by atoms with E-state index in [0.29, 0.717) is 17.4 Å². The van der Waals surface area contributed by atoms with Crippen molar-refractivity contribution in [3.05, 3.63) is 42.5 Å². The summed E-state index contributed by atoms with van der Waals surface area (Å²) < 4.78 is 1.94. The van der Waals surface area contributed by atoms with Crippen LogP contribution in [-0.4, -0.2) is 24.6 Å². The summed E-state index contributed by atoms with van der Waals surface area (Å²) in [5, 5.41) is 10.4. The monoisotopic (exact) mass is 313 g/mol. The van der Waals surface area contributed by atoms with Crippen LogP contribution in [0.15, 0.2) is 36.9 Å². The van der Waals surface area contributed by atoms with Crippen molar-refractivity contribution < 1.29 is 5.11 Å². The van der Waals surface area contributed by atoms with E-state index in [1.807, 2.05) is 29.0 Å². The van der Waals surface area contributed by atoms with Crippen molar-refractivity contribution in [3.63, 3.8) is 0 Å². The molecule has 106 valence electrons. The predicted octanol–water partition coefficient (Wildman–Crippen LogP) is 2.01. The van der Waals surface area contributed by atoms with Crippen LogP contribution in [0.3, 0.4) is 0 Å². The Bertz CT molecular complexity index is 702. The molecule has 2 aromatic heterocycles. The Morgan fingerprint density at radius 2 is 2.00 bits per heavy atom. The Labute approximate surface area is 127 Å². The van der Waals surface area contributed by atoms with Crippen molar-refractivity contribution in [2.24, 2.45) is 0 Å². The number of hydrogen-bond donors (Lipinski definition) is 2. The molecule has 0 aliphatic rings. The van der Waals surface area contributed by atoms with Gasteiger partial charge in [-0.3, -0.25) is 0 Å². The summed E-state index contributed by atoms with van der Waals surface area (Å²) in [5.41, 5.74) is 7.14. The fourth-order valence-electron chi connectivity index (χ4n) is 1.87. The smallest absolute Gasteiger partial charge is 0.223 e. The molecule has 0 unspecified atom stereocenters. The number of nitrogen functional groups attached to an aromatic ring is 1. The van der Waals surface area contributed by atoms with Crippen molar-refractivity contribution in [2.75, 3.05) is 5.73 Å². The Morgan fingerprint density at radius 3 is 2.70 bits per heavy atom. The Kier molecular flexibility index (Phi) is 5.12. The minimum atomic E-state index is -0.0926. The number of halogens is 2. The highest BCUT2D eigenvalue weighted by Gasteiger charge is 2.06. The normalized spacial score (nSPS) is 9.80. The van der Waals surface area contributed by atoms with Gasteiger partial charge in [0.25, 0.3) is 0 Å². The van der Waals surface area contributed by atoms with Crippen LogP contribution in [0.5, 0.6) is 5.88 Å². The molecule has 2 heterocycles. The summed E-state index contributed by atoms with van der Waals surface area (Å²) in [6, 6.07) is 5.61. The van der Waals surface area contributed by atoms with Crippen molar-refractivity contribution in [1.82, 2.24) is 19.5 Å². The van der Waals surface area contributed by atoms with E-state index in [2.05, 4.69) is 15.0 Å². The lowest BCUT2D eigenvalue weighted by atomic mass is 10.1. The molecule has 20 heavy (non-hydrogen) atoms. The molecule has 1 aromatic carbocycles. The fraction of sp³-hybridized carbons (Fsp3) is 0.0833. The molecule has 3 N–H and O–H groups in total. The minimum absolute atomic E-state index is 0. The van der Waals surface area contributed by atoms with Crippen molar-refractivity contribution in [2.45, 2.75) is 6.54 Å². The summed E-state index contributed by atoms with van der Waals surface area (Å²) in [6.45, 7) is 0.680. The largest absolute Gasteiger partial charge is 0.493 e. The maximum atomic E-state index is 9.75. The van der Waals surface area contributed by atoms with E-state index in [-0.39, 0.29) is 36.6 Å². The highest BCUT2D eigenvalue weighted by atomic mass is 35.5. The van der Waals surface area contributed by atoms with E-state index in [9.17, 15) is 5.11 Å². The van der Waals surface area contributed by atoms with Gasteiger partial charge in [0.1, 0.15) is 0 Å². The van der Waals surface area contributed by atoms with Gasteiger partial charge >= 0.3 is 0 Å². The average Bonchev–Trinajstić information content (AvgIpc) is 2.83. The number of benzene rings is 1. The second kappa shape index (κ2) is 6.40. The Morgan fingerprint density at radius 1 is 1.20 bits per heavy atom. The first-order chi connectivity index (χ1) is 8.72. The quantitative estimate of drug-likeness (QED) is 0.755. The number of aromatic nitrogens is 4. The molecule has 0 amide bonds. The number of rotatable bonds is 2. The zero-order valence-corrected chi connectivity index (χ0v) is 11.9. The van der Waals surface area contributed by atoms with Gasteiger partial charge in [-0.25, -0.2) is 9.97 Å². The molecule has 0 radical (unpaired) electrons. The number of imidazole rings is 1. The second-order valence-electron chi connectivity index (χ2n) is 3.99. The lowest BCUT2D eigenvalue weighted by Crippen LogP contribution is -1.98. The SMILES string of the molecule is Cl.Cl.Nc1nc(O)c2cc(Cn3ccnc3)ccc2n1.